The first-order valence-electron chi connectivity index (χ1n) is 6.02. The number of nitrogens with zero attached hydrogens (tertiary/aromatic N) is 2. The van der Waals surface area contributed by atoms with Gasteiger partial charge in [0.15, 0.2) is 0 Å². The Kier molecular flexibility index (Phi) is 3.59. The highest BCUT2D eigenvalue weighted by Gasteiger charge is 2.35. The van der Waals surface area contributed by atoms with Gasteiger partial charge in [-0.2, -0.15) is 13.2 Å². The van der Waals surface area contributed by atoms with Crippen molar-refractivity contribution in [2.24, 2.45) is 0 Å². The first-order valence-corrected chi connectivity index (χ1v) is 6.02. The van der Waals surface area contributed by atoms with Gasteiger partial charge in [0, 0.05) is 11.9 Å². The minimum Gasteiger partial charge on any atom is -0.369 e. The third-order valence-corrected chi connectivity index (χ3v) is 2.72. The van der Waals surface area contributed by atoms with Crippen LogP contribution in [0.15, 0.2) is 18.2 Å². The lowest BCUT2D eigenvalue weighted by Gasteiger charge is -2.12. The first kappa shape index (κ1) is 13.6. The number of halogens is 3. The number of aromatic nitrogens is 2. The molecule has 19 heavy (non-hydrogen) atoms. The molecule has 1 N–H and O–H groups in total. The van der Waals surface area contributed by atoms with E-state index < -0.39 is 12.0 Å². The molecular weight excluding hydrogens is 255 g/mol. The van der Waals surface area contributed by atoms with E-state index in [0.29, 0.717) is 23.0 Å². The van der Waals surface area contributed by atoms with Gasteiger partial charge >= 0.3 is 6.18 Å². The molecule has 1 heterocycles. The lowest BCUT2D eigenvalue weighted by Crippen LogP contribution is -2.14. The van der Waals surface area contributed by atoms with Crippen molar-refractivity contribution in [2.75, 3.05) is 11.9 Å². The molecule has 1 aromatic heterocycles. The van der Waals surface area contributed by atoms with Crippen LogP contribution in [0.1, 0.15) is 24.7 Å². The van der Waals surface area contributed by atoms with Crippen LogP contribution in [0.3, 0.4) is 0 Å². The number of anilines is 1. The molecular formula is C13H14F3N3. The number of rotatable bonds is 3. The summed E-state index contributed by atoms with van der Waals surface area (Å²) >= 11 is 0. The molecule has 2 rings (SSSR count). The number of hydrogen-bond acceptors (Lipinski definition) is 3. The molecule has 6 heteroatoms. The fraction of sp³-hybridized carbons (Fsp3) is 0.385. The van der Waals surface area contributed by atoms with Crippen LogP contribution in [0.4, 0.5) is 19.0 Å². The summed E-state index contributed by atoms with van der Waals surface area (Å²) < 4.78 is 38.4. The molecule has 0 aliphatic carbocycles. The van der Waals surface area contributed by atoms with Gasteiger partial charge in [0.1, 0.15) is 5.82 Å². The van der Waals surface area contributed by atoms with E-state index in [9.17, 15) is 13.2 Å². The highest BCUT2D eigenvalue weighted by atomic mass is 19.4. The van der Waals surface area contributed by atoms with E-state index in [-0.39, 0.29) is 5.82 Å². The molecule has 0 radical (unpaired) electrons. The van der Waals surface area contributed by atoms with Crippen molar-refractivity contribution in [3.63, 3.8) is 0 Å². The summed E-state index contributed by atoms with van der Waals surface area (Å²) in [6.07, 6.45) is -3.74. The largest absolute Gasteiger partial charge is 0.451 e. The standard InChI is InChI=1S/C13H14F3N3/c1-3-7-17-11-9-6-4-5-8(2)10(9)18-12(19-11)13(14,15)16/h4-6H,3,7H2,1-2H3,(H,17,18,19). The fourth-order valence-electron chi connectivity index (χ4n) is 1.80. The lowest BCUT2D eigenvalue weighted by atomic mass is 10.1. The maximum atomic E-state index is 12.8. The summed E-state index contributed by atoms with van der Waals surface area (Å²) in [5, 5.41) is 3.54. The molecule has 0 saturated carbocycles. The van der Waals surface area contributed by atoms with Crippen LogP contribution in [0.25, 0.3) is 10.9 Å². The number of aryl methyl sites for hydroxylation is 1. The van der Waals surface area contributed by atoms with E-state index in [1.165, 1.54) is 0 Å². The lowest BCUT2D eigenvalue weighted by molar-refractivity contribution is -0.144. The molecule has 102 valence electrons. The molecule has 3 nitrogen and oxygen atoms in total. The summed E-state index contributed by atoms with van der Waals surface area (Å²) in [4.78, 5) is 7.24. The second kappa shape index (κ2) is 5.03. The average Bonchev–Trinajstić information content (AvgIpc) is 2.35. The van der Waals surface area contributed by atoms with Gasteiger partial charge in [-0.3, -0.25) is 0 Å². The van der Waals surface area contributed by atoms with E-state index >= 15 is 0 Å². The molecule has 0 spiro atoms. The van der Waals surface area contributed by atoms with Crippen molar-refractivity contribution in [2.45, 2.75) is 26.4 Å². The van der Waals surface area contributed by atoms with Gasteiger partial charge in [0.05, 0.1) is 5.52 Å². The smallest absolute Gasteiger partial charge is 0.369 e. The predicted octanol–water partition coefficient (Wildman–Crippen LogP) is 3.78. The quantitative estimate of drug-likeness (QED) is 0.921. The van der Waals surface area contributed by atoms with Crippen molar-refractivity contribution in [3.05, 3.63) is 29.6 Å². The second-order valence-corrected chi connectivity index (χ2v) is 4.29. The Bertz CT molecular complexity index is 593. The van der Waals surface area contributed by atoms with Crippen LogP contribution < -0.4 is 5.32 Å². The van der Waals surface area contributed by atoms with Gasteiger partial charge in [0.25, 0.3) is 0 Å². The van der Waals surface area contributed by atoms with E-state index in [1.807, 2.05) is 6.92 Å². The zero-order chi connectivity index (χ0) is 14.0. The molecule has 0 saturated heterocycles. The van der Waals surface area contributed by atoms with Crippen molar-refractivity contribution in [1.29, 1.82) is 0 Å². The number of hydrogen-bond donors (Lipinski definition) is 1. The second-order valence-electron chi connectivity index (χ2n) is 4.29. The Labute approximate surface area is 108 Å². The highest BCUT2D eigenvalue weighted by molar-refractivity contribution is 5.91. The van der Waals surface area contributed by atoms with Crippen LogP contribution >= 0.6 is 0 Å². The number of fused-ring (bicyclic) bond motifs is 1. The molecule has 0 unspecified atom stereocenters. The number of nitrogens with one attached hydrogen (secondary N) is 1. The molecule has 2 aromatic rings. The number of alkyl halides is 3. The maximum absolute atomic E-state index is 12.8. The van der Waals surface area contributed by atoms with Crippen molar-refractivity contribution in [1.82, 2.24) is 9.97 Å². The summed E-state index contributed by atoms with van der Waals surface area (Å²) in [5.41, 5.74) is 1.04. The average molecular weight is 269 g/mol. The topological polar surface area (TPSA) is 37.8 Å². The normalized spacial score (nSPS) is 11.8. The Balaban J connectivity index is 2.66. The van der Waals surface area contributed by atoms with Crippen molar-refractivity contribution >= 4 is 16.7 Å². The molecule has 0 amide bonds. The van der Waals surface area contributed by atoms with Gasteiger partial charge in [-0.15, -0.1) is 0 Å². The van der Waals surface area contributed by atoms with Crippen molar-refractivity contribution < 1.29 is 13.2 Å². The van der Waals surface area contributed by atoms with Gasteiger partial charge < -0.3 is 5.32 Å². The summed E-state index contributed by atoms with van der Waals surface area (Å²) in [5.74, 6) is -0.865. The van der Waals surface area contributed by atoms with Crippen LogP contribution in [0, 0.1) is 6.92 Å². The SMILES string of the molecule is CCCNc1nc(C(F)(F)F)nc2c(C)cccc12. The van der Waals surface area contributed by atoms with Crippen LogP contribution in [-0.4, -0.2) is 16.5 Å². The number of benzene rings is 1. The predicted molar refractivity (Wildman–Crippen MR) is 68.1 cm³/mol. The van der Waals surface area contributed by atoms with Gasteiger partial charge in [-0.25, -0.2) is 9.97 Å². The molecule has 1 aromatic carbocycles. The van der Waals surface area contributed by atoms with E-state index in [0.717, 1.165) is 6.42 Å². The van der Waals surface area contributed by atoms with Gasteiger partial charge in [-0.05, 0) is 25.0 Å². The summed E-state index contributed by atoms with van der Waals surface area (Å²) in [6.45, 7) is 4.24. The van der Waals surface area contributed by atoms with E-state index in [1.54, 1.807) is 25.1 Å². The zero-order valence-corrected chi connectivity index (χ0v) is 10.7. The molecule has 0 aliphatic heterocycles. The Morgan fingerprint density at radius 1 is 1.21 bits per heavy atom. The Hall–Kier alpha value is -1.85. The number of para-hydroxylation sites is 1. The molecule has 0 aliphatic rings. The maximum Gasteiger partial charge on any atom is 0.451 e. The van der Waals surface area contributed by atoms with Gasteiger partial charge in [-0.1, -0.05) is 19.1 Å². The molecule has 0 fully saturated rings. The summed E-state index contributed by atoms with van der Waals surface area (Å²) in [6, 6.07) is 5.24. The van der Waals surface area contributed by atoms with E-state index in [2.05, 4.69) is 15.3 Å². The van der Waals surface area contributed by atoms with Crippen molar-refractivity contribution in [3.8, 4) is 0 Å². The highest BCUT2D eigenvalue weighted by Crippen LogP contribution is 2.31. The minimum absolute atomic E-state index is 0.239. The molecule has 0 bridgehead atoms. The first-order chi connectivity index (χ1) is 8.93. The third kappa shape index (κ3) is 2.77. The van der Waals surface area contributed by atoms with Crippen LogP contribution in [-0.2, 0) is 6.18 Å². The Morgan fingerprint density at radius 3 is 2.58 bits per heavy atom. The fourth-order valence-corrected chi connectivity index (χ4v) is 1.80. The molecule has 0 atom stereocenters. The zero-order valence-electron chi connectivity index (χ0n) is 10.7. The monoisotopic (exact) mass is 269 g/mol. The minimum atomic E-state index is -4.54. The summed E-state index contributed by atoms with van der Waals surface area (Å²) in [7, 11) is 0. The van der Waals surface area contributed by atoms with Crippen LogP contribution in [0.5, 0.6) is 0 Å². The third-order valence-electron chi connectivity index (χ3n) is 2.72. The Morgan fingerprint density at radius 2 is 1.95 bits per heavy atom. The van der Waals surface area contributed by atoms with Gasteiger partial charge in [0.2, 0.25) is 5.82 Å². The van der Waals surface area contributed by atoms with E-state index in [4.69, 9.17) is 0 Å². The van der Waals surface area contributed by atoms with Crippen LogP contribution in [0.2, 0.25) is 0 Å².